The van der Waals surface area contributed by atoms with Gasteiger partial charge in [0.05, 0.1) is 7.11 Å². The molecule has 4 nitrogen and oxygen atoms in total. The van der Waals surface area contributed by atoms with Gasteiger partial charge in [0, 0.05) is 18.0 Å². The van der Waals surface area contributed by atoms with Crippen LogP contribution in [-0.4, -0.2) is 16.7 Å². The van der Waals surface area contributed by atoms with Gasteiger partial charge >= 0.3 is 0 Å². The Hall–Kier alpha value is -1.97. The number of nitrogen functional groups attached to an aromatic ring is 1. The Balaban J connectivity index is 2.10. The number of hydrogen-bond donors (Lipinski definition) is 1. The van der Waals surface area contributed by atoms with Gasteiger partial charge in [0.1, 0.15) is 23.1 Å². The molecule has 1 unspecified atom stereocenters. The molecule has 1 aliphatic rings. The van der Waals surface area contributed by atoms with Crippen molar-refractivity contribution in [2.75, 3.05) is 12.8 Å². The summed E-state index contributed by atoms with van der Waals surface area (Å²) >= 11 is 0. The molecular formula is C15H19N3O. The molecule has 1 aliphatic heterocycles. The summed E-state index contributed by atoms with van der Waals surface area (Å²) < 4.78 is 7.44. The maximum atomic E-state index is 6.30. The topological polar surface area (TPSA) is 53.1 Å². The molecule has 4 heteroatoms. The van der Waals surface area contributed by atoms with E-state index < -0.39 is 0 Å². The van der Waals surface area contributed by atoms with Crippen LogP contribution in [-0.2, 0) is 6.42 Å². The molecule has 0 bridgehead atoms. The third-order valence-corrected chi connectivity index (χ3v) is 3.83. The van der Waals surface area contributed by atoms with Gasteiger partial charge in [-0.3, -0.25) is 0 Å². The molecule has 0 amide bonds. The highest BCUT2D eigenvalue weighted by molar-refractivity contribution is 5.72. The zero-order chi connectivity index (χ0) is 13.4. The summed E-state index contributed by atoms with van der Waals surface area (Å²) in [6, 6.07) is 8.34. The lowest BCUT2D eigenvalue weighted by molar-refractivity contribution is 0.415. The van der Waals surface area contributed by atoms with Crippen LogP contribution in [0.4, 0.5) is 5.82 Å². The van der Waals surface area contributed by atoms with Gasteiger partial charge in [-0.1, -0.05) is 12.1 Å². The Morgan fingerprint density at radius 2 is 2.26 bits per heavy atom. The second-order valence-electron chi connectivity index (χ2n) is 5.11. The van der Waals surface area contributed by atoms with E-state index in [-0.39, 0.29) is 0 Å². The molecule has 1 atom stereocenters. The first-order chi connectivity index (χ1) is 9.20. The predicted molar refractivity (Wildman–Crippen MR) is 76.3 cm³/mol. The van der Waals surface area contributed by atoms with Crippen molar-refractivity contribution >= 4 is 5.82 Å². The third kappa shape index (κ3) is 1.97. The lowest BCUT2D eigenvalue weighted by Gasteiger charge is -2.22. The van der Waals surface area contributed by atoms with Crippen LogP contribution in [0.25, 0.3) is 11.3 Å². The maximum Gasteiger partial charge on any atom is 0.131 e. The third-order valence-electron chi connectivity index (χ3n) is 3.83. The van der Waals surface area contributed by atoms with Crippen molar-refractivity contribution in [3.8, 4) is 17.0 Å². The van der Waals surface area contributed by atoms with Crippen molar-refractivity contribution in [1.82, 2.24) is 9.55 Å². The largest absolute Gasteiger partial charge is 0.497 e. The molecule has 0 spiro atoms. The number of nitrogens with zero attached hydrogens (tertiary/aromatic N) is 2. The number of ether oxygens (including phenoxy) is 1. The Bertz CT molecular complexity index is 603. The Morgan fingerprint density at radius 1 is 1.42 bits per heavy atom. The minimum absolute atomic E-state index is 0.440. The summed E-state index contributed by atoms with van der Waals surface area (Å²) in [5.41, 5.74) is 8.19. The van der Waals surface area contributed by atoms with Gasteiger partial charge in [0.2, 0.25) is 0 Å². The minimum Gasteiger partial charge on any atom is -0.497 e. The number of aromatic nitrogens is 2. The number of nitrogens with two attached hydrogens (primary N) is 1. The number of fused-ring (bicyclic) bond motifs is 1. The summed E-state index contributed by atoms with van der Waals surface area (Å²) in [4.78, 5) is 4.73. The van der Waals surface area contributed by atoms with E-state index >= 15 is 0 Å². The number of benzene rings is 1. The van der Waals surface area contributed by atoms with Gasteiger partial charge in [-0.05, 0) is 31.9 Å². The first kappa shape index (κ1) is 12.1. The van der Waals surface area contributed by atoms with Crippen LogP contribution in [0.1, 0.15) is 31.6 Å². The van der Waals surface area contributed by atoms with Crippen molar-refractivity contribution in [3.63, 3.8) is 0 Å². The monoisotopic (exact) mass is 257 g/mol. The van der Waals surface area contributed by atoms with E-state index in [1.165, 1.54) is 12.8 Å². The van der Waals surface area contributed by atoms with Crippen LogP contribution in [0.15, 0.2) is 24.3 Å². The molecule has 0 aliphatic carbocycles. The molecular weight excluding hydrogens is 238 g/mol. The van der Waals surface area contributed by atoms with Crippen LogP contribution in [0.3, 0.4) is 0 Å². The molecule has 19 heavy (non-hydrogen) atoms. The zero-order valence-corrected chi connectivity index (χ0v) is 11.4. The molecule has 1 aromatic carbocycles. The van der Waals surface area contributed by atoms with Crippen LogP contribution >= 0.6 is 0 Å². The molecule has 0 saturated heterocycles. The Morgan fingerprint density at radius 3 is 3.00 bits per heavy atom. The van der Waals surface area contributed by atoms with E-state index in [1.54, 1.807) is 7.11 Å². The minimum atomic E-state index is 0.440. The van der Waals surface area contributed by atoms with Gasteiger partial charge in [0.25, 0.3) is 0 Å². The molecule has 100 valence electrons. The second-order valence-corrected chi connectivity index (χ2v) is 5.11. The summed E-state index contributed by atoms with van der Waals surface area (Å²) in [6.45, 7) is 2.20. The summed E-state index contributed by atoms with van der Waals surface area (Å²) in [7, 11) is 1.67. The van der Waals surface area contributed by atoms with Crippen molar-refractivity contribution < 1.29 is 4.74 Å². The predicted octanol–water partition coefficient (Wildman–Crippen LogP) is 3.04. The fourth-order valence-electron chi connectivity index (χ4n) is 2.83. The second kappa shape index (κ2) is 4.61. The number of anilines is 1. The van der Waals surface area contributed by atoms with Crippen molar-refractivity contribution in [1.29, 1.82) is 0 Å². The highest BCUT2D eigenvalue weighted by atomic mass is 16.5. The van der Waals surface area contributed by atoms with E-state index in [4.69, 9.17) is 15.5 Å². The van der Waals surface area contributed by atoms with Gasteiger partial charge in [-0.2, -0.15) is 0 Å². The highest BCUT2D eigenvalue weighted by Gasteiger charge is 2.23. The average molecular weight is 257 g/mol. The smallest absolute Gasteiger partial charge is 0.131 e. The van der Waals surface area contributed by atoms with Crippen LogP contribution in [0.2, 0.25) is 0 Å². The summed E-state index contributed by atoms with van der Waals surface area (Å²) in [6.07, 6.45) is 3.37. The molecule has 2 N–H and O–H groups in total. The van der Waals surface area contributed by atoms with Crippen LogP contribution in [0.5, 0.6) is 5.75 Å². The van der Waals surface area contributed by atoms with Crippen LogP contribution < -0.4 is 10.5 Å². The van der Waals surface area contributed by atoms with Crippen molar-refractivity contribution in [2.45, 2.75) is 32.2 Å². The number of rotatable bonds is 2. The first-order valence-corrected chi connectivity index (χ1v) is 6.71. The van der Waals surface area contributed by atoms with Crippen molar-refractivity contribution in [3.05, 3.63) is 30.1 Å². The standard InChI is InChI=1S/C15H19N3O/c1-10-5-3-8-13-17-14(15(16)18(10)13)11-6-4-7-12(9-11)19-2/h4,6-7,9-10H,3,5,8,16H2,1-2H3. The van der Waals surface area contributed by atoms with Gasteiger partial charge in [0.15, 0.2) is 0 Å². The number of hydrogen-bond acceptors (Lipinski definition) is 3. The number of aryl methyl sites for hydroxylation is 1. The molecule has 0 fully saturated rings. The van der Waals surface area contributed by atoms with Gasteiger partial charge in [-0.25, -0.2) is 4.98 Å². The average Bonchev–Trinajstić information content (AvgIpc) is 2.77. The Kier molecular flexibility index (Phi) is 2.93. The number of imidazole rings is 1. The molecule has 3 rings (SSSR count). The fraction of sp³-hybridized carbons (Fsp3) is 0.400. The molecule has 0 radical (unpaired) electrons. The van der Waals surface area contributed by atoms with E-state index in [1.807, 2.05) is 24.3 Å². The van der Waals surface area contributed by atoms with Gasteiger partial charge in [-0.15, -0.1) is 0 Å². The van der Waals surface area contributed by atoms with E-state index in [0.29, 0.717) is 6.04 Å². The van der Waals surface area contributed by atoms with Crippen LogP contribution in [0, 0.1) is 0 Å². The van der Waals surface area contributed by atoms with E-state index in [2.05, 4.69) is 11.5 Å². The summed E-state index contributed by atoms with van der Waals surface area (Å²) in [5, 5.41) is 0. The molecule has 2 heterocycles. The zero-order valence-electron chi connectivity index (χ0n) is 11.4. The van der Waals surface area contributed by atoms with E-state index in [0.717, 1.165) is 35.1 Å². The lowest BCUT2D eigenvalue weighted by atomic mass is 10.1. The quantitative estimate of drug-likeness (QED) is 0.899. The lowest BCUT2D eigenvalue weighted by Crippen LogP contribution is -2.16. The maximum absolute atomic E-state index is 6.30. The highest BCUT2D eigenvalue weighted by Crippen LogP contribution is 2.34. The molecule has 2 aromatic rings. The SMILES string of the molecule is COc1cccc(-c2nc3n(c2N)C(C)CCC3)c1. The number of methoxy groups -OCH3 is 1. The molecule has 0 saturated carbocycles. The van der Waals surface area contributed by atoms with Gasteiger partial charge < -0.3 is 15.0 Å². The van der Waals surface area contributed by atoms with E-state index in [9.17, 15) is 0 Å². The molecule has 1 aromatic heterocycles. The fourth-order valence-corrected chi connectivity index (χ4v) is 2.83. The first-order valence-electron chi connectivity index (χ1n) is 6.71. The normalized spacial score (nSPS) is 18.1. The van der Waals surface area contributed by atoms with Crippen molar-refractivity contribution in [2.24, 2.45) is 0 Å². The summed E-state index contributed by atoms with van der Waals surface area (Å²) in [5.74, 6) is 2.71. The Labute approximate surface area is 113 Å².